The van der Waals surface area contributed by atoms with E-state index < -0.39 is 4.27 Å². The number of hydrogen-bond donors (Lipinski definition) is 3. The van der Waals surface area contributed by atoms with Gasteiger partial charge in [0.15, 0.2) is 4.27 Å². The molecule has 0 bridgehead atoms. The molecule has 0 aromatic carbocycles. The Morgan fingerprint density at radius 2 is 1.26 bits per heavy atom. The molecule has 1 N–H and O–H groups in total. The Morgan fingerprint density at radius 1 is 0.739 bits per heavy atom. The summed E-state index contributed by atoms with van der Waals surface area (Å²) in [5, 5.41) is 8.55. The van der Waals surface area contributed by atoms with Gasteiger partial charge in [0.1, 0.15) is 0 Å². The van der Waals surface area contributed by atoms with Gasteiger partial charge in [0.2, 0.25) is 0 Å². The van der Waals surface area contributed by atoms with Gasteiger partial charge in [-0.05, 0) is 12.8 Å². The molecule has 0 aromatic heterocycles. The zero-order valence-corrected chi connectivity index (χ0v) is 16.5. The molecule has 0 aliphatic carbocycles. The second-order valence-electron chi connectivity index (χ2n) is 5.76. The van der Waals surface area contributed by atoms with Crippen LogP contribution in [0.4, 0.5) is 0 Å². The van der Waals surface area contributed by atoms with Crippen LogP contribution in [0.2, 0.25) is 0 Å². The summed E-state index contributed by atoms with van der Waals surface area (Å²) in [5.74, 6) is 0. The molecule has 0 aliphatic heterocycles. The predicted molar refractivity (Wildman–Crippen MR) is 103 cm³/mol. The molecule has 0 radical (unpaired) electrons. The molecular weight excluding hydrogens is 332 g/mol. The topological polar surface area (TPSA) is 47.9 Å². The van der Waals surface area contributed by atoms with Gasteiger partial charge in [-0.1, -0.05) is 51.9 Å². The first-order chi connectivity index (χ1) is 11.1. The summed E-state index contributed by atoms with van der Waals surface area (Å²) in [6, 6.07) is 0. The fourth-order valence-electron chi connectivity index (χ4n) is 2.21. The smallest absolute Gasteiger partial charge is 0.155 e. The second kappa shape index (κ2) is 17.4. The molecule has 0 saturated carbocycles. The maximum absolute atomic E-state index is 8.55. The van der Waals surface area contributed by atoms with Crippen LogP contribution in [0, 0.1) is 0 Å². The monoisotopic (exact) mass is 368 g/mol. The van der Waals surface area contributed by atoms with Crippen molar-refractivity contribution in [3.05, 3.63) is 0 Å². The molecule has 0 amide bonds. The summed E-state index contributed by atoms with van der Waals surface area (Å²) in [6.07, 6.45) is 11.2. The van der Waals surface area contributed by atoms with Gasteiger partial charge in [-0.3, -0.25) is 0 Å². The van der Waals surface area contributed by atoms with Crippen molar-refractivity contribution in [2.75, 3.05) is 39.6 Å². The summed E-state index contributed by atoms with van der Waals surface area (Å²) in [6.45, 7) is 4.62. The summed E-state index contributed by atoms with van der Waals surface area (Å²) in [4.78, 5) is 0. The van der Waals surface area contributed by atoms with E-state index >= 15 is 0 Å². The molecule has 0 spiro atoms. The Kier molecular flexibility index (Phi) is 17.8. The molecule has 0 fully saturated rings. The second-order valence-corrected chi connectivity index (χ2v) is 7.56. The first-order valence-corrected chi connectivity index (χ1v) is 9.87. The van der Waals surface area contributed by atoms with Crippen LogP contribution in [-0.2, 0) is 14.2 Å². The minimum Gasteiger partial charge on any atom is -0.394 e. The number of rotatable bonds is 18. The average molecular weight is 369 g/mol. The molecule has 0 atom stereocenters. The molecule has 0 aliphatic rings. The van der Waals surface area contributed by atoms with Crippen LogP contribution < -0.4 is 0 Å². The van der Waals surface area contributed by atoms with Crippen molar-refractivity contribution in [1.29, 1.82) is 0 Å². The Morgan fingerprint density at radius 3 is 1.87 bits per heavy atom. The maximum atomic E-state index is 8.55. The Bertz CT molecular complexity index is 219. The highest BCUT2D eigenvalue weighted by atomic mass is 32.2. The lowest BCUT2D eigenvalue weighted by Crippen LogP contribution is -2.21. The van der Waals surface area contributed by atoms with Crippen LogP contribution in [0.5, 0.6) is 0 Å². The van der Waals surface area contributed by atoms with Gasteiger partial charge >= 0.3 is 0 Å². The van der Waals surface area contributed by atoms with E-state index in [4.69, 9.17) is 19.3 Å². The minimum absolute atomic E-state index is 0.0453. The fraction of sp³-hybridized carbons (Fsp3) is 1.00. The average Bonchev–Trinajstić information content (AvgIpc) is 2.52. The van der Waals surface area contributed by atoms with Crippen LogP contribution in [0.15, 0.2) is 0 Å². The maximum Gasteiger partial charge on any atom is 0.155 e. The summed E-state index contributed by atoms with van der Waals surface area (Å²) in [5.41, 5.74) is 0. The molecule has 0 heterocycles. The van der Waals surface area contributed by atoms with E-state index in [1.807, 2.05) is 0 Å². The summed E-state index contributed by atoms with van der Waals surface area (Å²) < 4.78 is 15.4. The Labute approximate surface area is 153 Å². The van der Waals surface area contributed by atoms with Gasteiger partial charge in [-0.2, -0.15) is 0 Å². The number of hydrogen-bond acceptors (Lipinski definition) is 6. The predicted octanol–water partition coefficient (Wildman–Crippen LogP) is 4.07. The van der Waals surface area contributed by atoms with Crippen molar-refractivity contribution < 1.29 is 19.3 Å². The van der Waals surface area contributed by atoms with E-state index in [0.29, 0.717) is 33.0 Å². The van der Waals surface area contributed by atoms with E-state index in [1.165, 1.54) is 44.9 Å². The zero-order valence-electron chi connectivity index (χ0n) is 14.7. The van der Waals surface area contributed by atoms with Gasteiger partial charge in [-0.25, -0.2) is 0 Å². The molecule has 0 aromatic rings. The SMILES string of the molecule is CCCCCCCCCCC(S)(S)OCCOCCOCCO. The minimum atomic E-state index is -0.668. The number of aliphatic hydroxyl groups is 1. The molecule has 140 valence electrons. The van der Waals surface area contributed by atoms with Crippen LogP contribution in [0.3, 0.4) is 0 Å². The third-order valence-corrected chi connectivity index (χ3v) is 4.23. The molecule has 0 rings (SSSR count). The molecular formula is C17H36O4S2. The quantitative estimate of drug-likeness (QED) is 0.194. The molecule has 0 saturated heterocycles. The van der Waals surface area contributed by atoms with Crippen LogP contribution in [0.1, 0.15) is 64.7 Å². The highest BCUT2D eigenvalue weighted by Gasteiger charge is 2.19. The molecule has 4 nitrogen and oxygen atoms in total. The van der Waals surface area contributed by atoms with Gasteiger partial charge in [0, 0.05) is 0 Å². The van der Waals surface area contributed by atoms with E-state index in [2.05, 4.69) is 32.2 Å². The lowest BCUT2D eigenvalue weighted by molar-refractivity contribution is -0.00367. The number of aliphatic hydroxyl groups excluding tert-OH is 1. The third-order valence-electron chi connectivity index (χ3n) is 3.52. The number of unbranched alkanes of at least 4 members (excludes halogenated alkanes) is 7. The van der Waals surface area contributed by atoms with Crippen LogP contribution >= 0.6 is 25.3 Å². The van der Waals surface area contributed by atoms with Crippen molar-refractivity contribution in [3.8, 4) is 0 Å². The highest BCUT2D eigenvalue weighted by Crippen LogP contribution is 2.28. The van der Waals surface area contributed by atoms with E-state index in [0.717, 1.165) is 12.8 Å². The largest absolute Gasteiger partial charge is 0.394 e. The van der Waals surface area contributed by atoms with Crippen LogP contribution in [-0.4, -0.2) is 49.0 Å². The van der Waals surface area contributed by atoms with Crippen molar-refractivity contribution in [2.24, 2.45) is 0 Å². The van der Waals surface area contributed by atoms with E-state index in [1.54, 1.807) is 0 Å². The Balaban J connectivity index is 3.33. The first kappa shape index (κ1) is 23.5. The van der Waals surface area contributed by atoms with Gasteiger partial charge < -0.3 is 19.3 Å². The van der Waals surface area contributed by atoms with Crippen molar-refractivity contribution in [2.45, 2.75) is 69.0 Å². The van der Waals surface area contributed by atoms with Crippen LogP contribution in [0.25, 0.3) is 0 Å². The summed E-state index contributed by atoms with van der Waals surface area (Å²) in [7, 11) is 0. The standard InChI is InChI=1S/C17H36O4S2/c1-2-3-4-5-6-7-8-9-10-17(22,23)21-16-15-20-14-13-19-12-11-18/h18,22-23H,2-16H2,1H3. The lowest BCUT2D eigenvalue weighted by atomic mass is 10.1. The lowest BCUT2D eigenvalue weighted by Gasteiger charge is -2.23. The van der Waals surface area contributed by atoms with E-state index in [-0.39, 0.29) is 6.61 Å². The van der Waals surface area contributed by atoms with Crippen molar-refractivity contribution >= 4 is 25.3 Å². The fourth-order valence-corrected chi connectivity index (χ4v) is 2.71. The highest BCUT2D eigenvalue weighted by molar-refractivity contribution is 8.00. The normalized spacial score (nSPS) is 12.0. The Hall–Kier alpha value is 0.540. The third kappa shape index (κ3) is 18.7. The van der Waals surface area contributed by atoms with Gasteiger partial charge in [0.25, 0.3) is 0 Å². The first-order valence-electron chi connectivity index (χ1n) is 8.97. The zero-order chi connectivity index (χ0) is 17.2. The van der Waals surface area contributed by atoms with Gasteiger partial charge in [-0.15, -0.1) is 25.3 Å². The van der Waals surface area contributed by atoms with Gasteiger partial charge in [0.05, 0.1) is 39.6 Å². The molecule has 0 unspecified atom stereocenters. The number of thiol groups is 2. The van der Waals surface area contributed by atoms with Crippen molar-refractivity contribution in [3.63, 3.8) is 0 Å². The molecule has 23 heavy (non-hydrogen) atoms. The molecule has 6 heteroatoms. The van der Waals surface area contributed by atoms with E-state index in [9.17, 15) is 0 Å². The number of ether oxygens (including phenoxy) is 3. The summed E-state index contributed by atoms with van der Waals surface area (Å²) >= 11 is 8.93. The van der Waals surface area contributed by atoms with Crippen molar-refractivity contribution in [1.82, 2.24) is 0 Å².